The van der Waals surface area contributed by atoms with Crippen molar-refractivity contribution in [3.8, 4) is 0 Å². The van der Waals surface area contributed by atoms with Crippen molar-refractivity contribution < 1.29 is 9.21 Å². The molecule has 0 fully saturated rings. The van der Waals surface area contributed by atoms with Crippen LogP contribution in [-0.2, 0) is 24.3 Å². The molecule has 2 aromatic heterocycles. The number of carbonyl (C=O) groups excluding carboxylic acids is 1. The molecular weight excluding hydrogens is 208 g/mol. The summed E-state index contributed by atoms with van der Waals surface area (Å²) in [4.78, 5) is 11.6. The van der Waals surface area contributed by atoms with Crippen LogP contribution in [0.5, 0.6) is 0 Å². The summed E-state index contributed by atoms with van der Waals surface area (Å²) in [5.41, 5.74) is 6.06. The maximum atomic E-state index is 11.6. The van der Waals surface area contributed by atoms with Gasteiger partial charge in [-0.15, -0.1) is 5.10 Å². The molecule has 0 aliphatic heterocycles. The van der Waals surface area contributed by atoms with Crippen LogP contribution < -0.4 is 5.73 Å². The maximum Gasteiger partial charge on any atom is 0.161 e. The van der Waals surface area contributed by atoms with Gasteiger partial charge in [-0.1, -0.05) is 5.21 Å². The molecule has 0 saturated heterocycles. The number of rotatable bonds is 5. The standard InChI is InChI=1S/C10H12N4O2/c11-5-8-6-14(13-12-8)7-9(15)4-10-2-1-3-16-10/h1-3,6H,4-5,7,11H2. The molecule has 0 aliphatic rings. The Morgan fingerprint density at radius 1 is 1.56 bits per heavy atom. The Morgan fingerprint density at radius 2 is 2.44 bits per heavy atom. The van der Waals surface area contributed by atoms with Crippen molar-refractivity contribution in [1.29, 1.82) is 0 Å². The van der Waals surface area contributed by atoms with Gasteiger partial charge in [-0.05, 0) is 12.1 Å². The summed E-state index contributed by atoms with van der Waals surface area (Å²) in [5, 5.41) is 7.59. The third-order valence-corrected chi connectivity index (χ3v) is 2.09. The van der Waals surface area contributed by atoms with Crippen LogP contribution in [0.3, 0.4) is 0 Å². The minimum atomic E-state index is 0.0171. The van der Waals surface area contributed by atoms with Crippen molar-refractivity contribution in [2.45, 2.75) is 19.5 Å². The lowest BCUT2D eigenvalue weighted by Gasteiger charge is -1.97. The lowest BCUT2D eigenvalue weighted by molar-refractivity contribution is -0.119. The molecular formula is C10H12N4O2. The van der Waals surface area contributed by atoms with Gasteiger partial charge in [0.25, 0.3) is 0 Å². The molecule has 0 amide bonds. The van der Waals surface area contributed by atoms with Crippen LogP contribution in [0.2, 0.25) is 0 Å². The van der Waals surface area contributed by atoms with Crippen molar-refractivity contribution >= 4 is 5.78 Å². The summed E-state index contributed by atoms with van der Waals surface area (Å²) in [6.45, 7) is 0.514. The molecule has 6 nitrogen and oxygen atoms in total. The first kappa shape index (κ1) is 10.6. The van der Waals surface area contributed by atoms with Crippen LogP contribution in [0.1, 0.15) is 11.5 Å². The second-order valence-electron chi connectivity index (χ2n) is 3.41. The zero-order valence-electron chi connectivity index (χ0n) is 8.67. The maximum absolute atomic E-state index is 11.6. The number of carbonyl (C=O) groups is 1. The summed E-state index contributed by atoms with van der Waals surface area (Å²) < 4.78 is 6.56. The monoisotopic (exact) mass is 220 g/mol. The molecule has 0 spiro atoms. The van der Waals surface area contributed by atoms with E-state index in [0.717, 1.165) is 0 Å². The lowest BCUT2D eigenvalue weighted by atomic mass is 10.2. The SMILES string of the molecule is NCc1cn(CC(=O)Cc2ccco2)nn1. The molecule has 6 heteroatoms. The Bertz CT molecular complexity index is 461. The molecule has 16 heavy (non-hydrogen) atoms. The third kappa shape index (κ3) is 2.54. The Hall–Kier alpha value is -1.95. The van der Waals surface area contributed by atoms with Crippen LogP contribution in [0.4, 0.5) is 0 Å². The number of aromatic nitrogens is 3. The zero-order chi connectivity index (χ0) is 11.4. The smallest absolute Gasteiger partial charge is 0.161 e. The highest BCUT2D eigenvalue weighted by atomic mass is 16.3. The number of ketones is 1. The second-order valence-corrected chi connectivity index (χ2v) is 3.41. The highest BCUT2D eigenvalue weighted by Crippen LogP contribution is 2.02. The minimum absolute atomic E-state index is 0.0171. The van der Waals surface area contributed by atoms with Gasteiger partial charge in [-0.25, -0.2) is 4.68 Å². The predicted octanol–water partition coefficient (Wildman–Crippen LogP) is 0.142. The van der Waals surface area contributed by atoms with E-state index in [4.69, 9.17) is 10.2 Å². The molecule has 0 aromatic carbocycles. The molecule has 0 atom stereocenters. The Balaban J connectivity index is 1.92. The molecule has 0 saturated carbocycles. The molecule has 2 rings (SSSR count). The van der Waals surface area contributed by atoms with E-state index < -0.39 is 0 Å². The summed E-state index contributed by atoms with van der Waals surface area (Å²) in [6, 6.07) is 3.52. The highest BCUT2D eigenvalue weighted by molar-refractivity contribution is 5.79. The number of nitrogens with zero attached hydrogens (tertiary/aromatic N) is 3. The molecule has 0 aliphatic carbocycles. The van der Waals surface area contributed by atoms with Gasteiger partial charge in [0.2, 0.25) is 0 Å². The molecule has 0 unspecified atom stereocenters. The molecule has 2 N–H and O–H groups in total. The van der Waals surface area contributed by atoms with Gasteiger partial charge in [0.1, 0.15) is 12.3 Å². The Labute approximate surface area is 92.0 Å². The van der Waals surface area contributed by atoms with Crippen LogP contribution in [0.25, 0.3) is 0 Å². The van der Waals surface area contributed by atoms with Crippen LogP contribution in [0.15, 0.2) is 29.0 Å². The third-order valence-electron chi connectivity index (χ3n) is 2.09. The molecule has 0 bridgehead atoms. The van der Waals surface area contributed by atoms with E-state index >= 15 is 0 Å². The average Bonchev–Trinajstić information content (AvgIpc) is 2.89. The van der Waals surface area contributed by atoms with E-state index in [9.17, 15) is 4.79 Å². The van der Waals surface area contributed by atoms with E-state index in [1.54, 1.807) is 24.6 Å². The number of hydrogen-bond acceptors (Lipinski definition) is 5. The Morgan fingerprint density at radius 3 is 3.06 bits per heavy atom. The summed E-state index contributed by atoms with van der Waals surface area (Å²) >= 11 is 0. The van der Waals surface area contributed by atoms with Gasteiger partial charge >= 0.3 is 0 Å². The van der Waals surface area contributed by atoms with E-state index in [0.29, 0.717) is 18.0 Å². The van der Waals surface area contributed by atoms with Crippen molar-refractivity contribution in [2.24, 2.45) is 5.73 Å². The Kier molecular flexibility index (Phi) is 3.11. The van der Waals surface area contributed by atoms with Crippen LogP contribution >= 0.6 is 0 Å². The summed E-state index contributed by atoms with van der Waals surface area (Å²) in [5.74, 6) is 0.674. The van der Waals surface area contributed by atoms with Gasteiger partial charge in [0.15, 0.2) is 5.78 Å². The van der Waals surface area contributed by atoms with Crippen LogP contribution in [-0.4, -0.2) is 20.8 Å². The van der Waals surface area contributed by atoms with E-state index in [2.05, 4.69) is 10.3 Å². The highest BCUT2D eigenvalue weighted by Gasteiger charge is 2.08. The fourth-order valence-electron chi connectivity index (χ4n) is 1.35. The largest absolute Gasteiger partial charge is 0.469 e. The molecule has 84 valence electrons. The molecule has 2 heterocycles. The van der Waals surface area contributed by atoms with Gasteiger partial charge < -0.3 is 10.2 Å². The normalized spacial score (nSPS) is 10.6. The van der Waals surface area contributed by atoms with Gasteiger partial charge in [-0.3, -0.25) is 4.79 Å². The first-order chi connectivity index (χ1) is 7.78. The fraction of sp³-hybridized carbons (Fsp3) is 0.300. The number of Topliss-reactive ketones (excluding diaryl/α,β-unsaturated/α-hetero) is 1. The number of furan rings is 1. The van der Waals surface area contributed by atoms with Crippen molar-refractivity contribution in [1.82, 2.24) is 15.0 Å². The first-order valence-electron chi connectivity index (χ1n) is 4.91. The quantitative estimate of drug-likeness (QED) is 0.774. The minimum Gasteiger partial charge on any atom is -0.469 e. The molecule has 0 radical (unpaired) electrons. The van der Waals surface area contributed by atoms with Gasteiger partial charge in [-0.2, -0.15) is 0 Å². The van der Waals surface area contributed by atoms with Gasteiger partial charge in [0, 0.05) is 6.54 Å². The fourth-order valence-corrected chi connectivity index (χ4v) is 1.35. The average molecular weight is 220 g/mol. The predicted molar refractivity (Wildman–Crippen MR) is 55.3 cm³/mol. The second kappa shape index (κ2) is 4.71. The number of hydrogen-bond donors (Lipinski definition) is 1. The topological polar surface area (TPSA) is 86.9 Å². The van der Waals surface area contributed by atoms with Gasteiger partial charge in [0.05, 0.1) is 24.6 Å². The first-order valence-corrected chi connectivity index (χ1v) is 4.91. The summed E-state index contributed by atoms with van der Waals surface area (Å²) in [7, 11) is 0. The van der Waals surface area contributed by atoms with Crippen molar-refractivity contribution in [3.63, 3.8) is 0 Å². The van der Waals surface area contributed by atoms with E-state index in [1.807, 2.05) is 0 Å². The molecule has 2 aromatic rings. The van der Waals surface area contributed by atoms with E-state index in [-0.39, 0.29) is 18.7 Å². The summed E-state index contributed by atoms with van der Waals surface area (Å²) in [6.07, 6.45) is 3.48. The van der Waals surface area contributed by atoms with E-state index in [1.165, 1.54) is 4.68 Å². The van der Waals surface area contributed by atoms with Crippen molar-refractivity contribution in [3.05, 3.63) is 36.0 Å². The van der Waals surface area contributed by atoms with Crippen LogP contribution in [0, 0.1) is 0 Å². The zero-order valence-corrected chi connectivity index (χ0v) is 8.67. The number of nitrogens with two attached hydrogens (primary N) is 1. The lowest BCUT2D eigenvalue weighted by Crippen LogP contribution is -2.12. The van der Waals surface area contributed by atoms with Crippen molar-refractivity contribution in [2.75, 3.05) is 0 Å².